The van der Waals surface area contributed by atoms with Crippen molar-refractivity contribution in [3.8, 4) is 6.07 Å². The van der Waals surface area contributed by atoms with Gasteiger partial charge in [0.25, 0.3) is 0 Å². The molecule has 0 unspecified atom stereocenters. The molecule has 0 aliphatic heterocycles. The van der Waals surface area contributed by atoms with Gasteiger partial charge in [-0.25, -0.2) is 0 Å². The molecule has 2 rings (SSSR count). The molecule has 1 heterocycles. The third kappa shape index (κ3) is 2.96. The Morgan fingerprint density at radius 3 is 2.94 bits per heavy atom. The number of furan rings is 1. The van der Waals surface area contributed by atoms with Crippen molar-refractivity contribution in [3.05, 3.63) is 59.5 Å². The second-order valence-corrected chi connectivity index (χ2v) is 3.93. The van der Waals surface area contributed by atoms with Crippen LogP contribution in [0.1, 0.15) is 29.9 Å². The molecule has 0 amide bonds. The Labute approximate surface area is 101 Å². The van der Waals surface area contributed by atoms with E-state index in [1.54, 1.807) is 12.3 Å². The van der Waals surface area contributed by atoms with Crippen molar-refractivity contribution in [2.75, 3.05) is 0 Å². The van der Waals surface area contributed by atoms with Crippen LogP contribution in [0, 0.1) is 11.3 Å². The van der Waals surface area contributed by atoms with Gasteiger partial charge in [-0.2, -0.15) is 5.26 Å². The van der Waals surface area contributed by atoms with Crippen molar-refractivity contribution in [1.82, 2.24) is 5.32 Å². The average molecular weight is 226 g/mol. The molecule has 1 atom stereocenters. The Morgan fingerprint density at radius 1 is 1.35 bits per heavy atom. The smallest absolute Gasteiger partial charge is 0.120 e. The summed E-state index contributed by atoms with van der Waals surface area (Å²) in [6.07, 6.45) is 1.67. The maximum absolute atomic E-state index is 8.80. The van der Waals surface area contributed by atoms with E-state index in [1.807, 2.05) is 37.3 Å². The van der Waals surface area contributed by atoms with Crippen LogP contribution in [0.2, 0.25) is 0 Å². The first-order valence-corrected chi connectivity index (χ1v) is 5.55. The monoisotopic (exact) mass is 226 g/mol. The van der Waals surface area contributed by atoms with E-state index in [0.29, 0.717) is 5.56 Å². The molecule has 3 nitrogen and oxygen atoms in total. The fraction of sp³-hybridized carbons (Fsp3) is 0.214. The summed E-state index contributed by atoms with van der Waals surface area (Å²) in [4.78, 5) is 0. The summed E-state index contributed by atoms with van der Waals surface area (Å²) in [5.41, 5.74) is 1.79. The van der Waals surface area contributed by atoms with Gasteiger partial charge in [0.2, 0.25) is 0 Å². The second-order valence-electron chi connectivity index (χ2n) is 3.93. The van der Waals surface area contributed by atoms with E-state index in [-0.39, 0.29) is 6.04 Å². The van der Waals surface area contributed by atoms with Crippen LogP contribution in [0.3, 0.4) is 0 Å². The SMILES string of the molecule is C[C@@H](NCc1cccc(C#N)c1)c1ccco1. The summed E-state index contributed by atoms with van der Waals surface area (Å²) in [5, 5.41) is 12.2. The molecule has 0 saturated heterocycles. The minimum Gasteiger partial charge on any atom is -0.468 e. The zero-order valence-corrected chi connectivity index (χ0v) is 9.68. The van der Waals surface area contributed by atoms with Crippen molar-refractivity contribution in [2.24, 2.45) is 0 Å². The molecule has 17 heavy (non-hydrogen) atoms. The lowest BCUT2D eigenvalue weighted by Gasteiger charge is -2.11. The summed E-state index contributed by atoms with van der Waals surface area (Å²) < 4.78 is 5.31. The minimum absolute atomic E-state index is 0.163. The van der Waals surface area contributed by atoms with Gasteiger partial charge in [-0.15, -0.1) is 0 Å². The van der Waals surface area contributed by atoms with Crippen molar-refractivity contribution >= 4 is 0 Å². The van der Waals surface area contributed by atoms with Crippen LogP contribution in [0.25, 0.3) is 0 Å². The van der Waals surface area contributed by atoms with Gasteiger partial charge in [0, 0.05) is 6.54 Å². The van der Waals surface area contributed by atoms with Crippen molar-refractivity contribution in [3.63, 3.8) is 0 Å². The topological polar surface area (TPSA) is 49.0 Å². The van der Waals surface area contributed by atoms with E-state index in [4.69, 9.17) is 9.68 Å². The fourth-order valence-corrected chi connectivity index (χ4v) is 1.66. The molecule has 2 aromatic rings. The predicted molar refractivity (Wildman–Crippen MR) is 65.1 cm³/mol. The van der Waals surface area contributed by atoms with Crippen molar-refractivity contribution in [2.45, 2.75) is 19.5 Å². The lowest BCUT2D eigenvalue weighted by molar-refractivity contribution is 0.430. The first kappa shape index (κ1) is 11.4. The summed E-state index contributed by atoms with van der Waals surface area (Å²) in [5.74, 6) is 0.918. The van der Waals surface area contributed by atoms with Gasteiger partial charge >= 0.3 is 0 Å². The first-order chi connectivity index (χ1) is 8.29. The Hall–Kier alpha value is -2.05. The van der Waals surface area contributed by atoms with Gasteiger partial charge in [-0.3, -0.25) is 0 Å². The number of benzene rings is 1. The van der Waals surface area contributed by atoms with Crippen LogP contribution >= 0.6 is 0 Å². The molecule has 1 N–H and O–H groups in total. The van der Waals surface area contributed by atoms with Gasteiger partial charge in [0.05, 0.1) is 23.9 Å². The lowest BCUT2D eigenvalue weighted by atomic mass is 10.1. The maximum Gasteiger partial charge on any atom is 0.120 e. The molecule has 0 radical (unpaired) electrons. The minimum atomic E-state index is 0.163. The molecule has 0 fully saturated rings. The summed E-state index contributed by atoms with van der Waals surface area (Å²) >= 11 is 0. The molecule has 0 saturated carbocycles. The Bertz CT molecular complexity index is 511. The molecule has 86 valence electrons. The van der Waals surface area contributed by atoms with Crippen LogP contribution in [-0.4, -0.2) is 0 Å². The summed E-state index contributed by atoms with van der Waals surface area (Å²) in [7, 11) is 0. The number of hydrogen-bond donors (Lipinski definition) is 1. The number of nitriles is 1. The van der Waals surface area contributed by atoms with Crippen LogP contribution in [0.15, 0.2) is 47.1 Å². The second kappa shape index (κ2) is 5.33. The Morgan fingerprint density at radius 2 is 2.24 bits per heavy atom. The average Bonchev–Trinajstić information content (AvgIpc) is 2.90. The third-order valence-corrected chi connectivity index (χ3v) is 2.64. The van der Waals surface area contributed by atoms with Gasteiger partial charge in [-0.05, 0) is 36.8 Å². The number of nitrogens with one attached hydrogen (secondary N) is 1. The fourth-order valence-electron chi connectivity index (χ4n) is 1.66. The number of hydrogen-bond acceptors (Lipinski definition) is 3. The zero-order valence-electron chi connectivity index (χ0n) is 9.68. The van der Waals surface area contributed by atoms with Gasteiger partial charge in [-0.1, -0.05) is 12.1 Å². The highest BCUT2D eigenvalue weighted by Gasteiger charge is 2.06. The zero-order chi connectivity index (χ0) is 12.1. The molecule has 3 heteroatoms. The first-order valence-electron chi connectivity index (χ1n) is 5.55. The highest BCUT2D eigenvalue weighted by Crippen LogP contribution is 2.13. The van der Waals surface area contributed by atoms with Gasteiger partial charge < -0.3 is 9.73 Å². The molecule has 0 aliphatic rings. The highest BCUT2D eigenvalue weighted by atomic mass is 16.3. The third-order valence-electron chi connectivity index (χ3n) is 2.64. The molecule has 1 aromatic heterocycles. The molecule has 0 spiro atoms. The van der Waals surface area contributed by atoms with E-state index in [2.05, 4.69) is 11.4 Å². The quantitative estimate of drug-likeness (QED) is 0.871. The molecule has 0 bridgehead atoms. The van der Waals surface area contributed by atoms with Crippen molar-refractivity contribution < 1.29 is 4.42 Å². The highest BCUT2D eigenvalue weighted by molar-refractivity contribution is 5.32. The van der Waals surface area contributed by atoms with Gasteiger partial charge in [0.1, 0.15) is 5.76 Å². The Balaban J connectivity index is 1.96. The van der Waals surface area contributed by atoms with Crippen molar-refractivity contribution in [1.29, 1.82) is 5.26 Å². The largest absolute Gasteiger partial charge is 0.468 e. The molecule has 0 aliphatic carbocycles. The van der Waals surface area contributed by atoms with E-state index < -0.39 is 0 Å². The van der Waals surface area contributed by atoms with Crippen LogP contribution in [0.4, 0.5) is 0 Å². The lowest BCUT2D eigenvalue weighted by Crippen LogP contribution is -2.17. The van der Waals surface area contributed by atoms with Crippen LogP contribution in [-0.2, 0) is 6.54 Å². The van der Waals surface area contributed by atoms with E-state index in [0.717, 1.165) is 17.9 Å². The van der Waals surface area contributed by atoms with E-state index >= 15 is 0 Å². The van der Waals surface area contributed by atoms with Crippen LogP contribution in [0.5, 0.6) is 0 Å². The van der Waals surface area contributed by atoms with Crippen LogP contribution < -0.4 is 5.32 Å². The number of rotatable bonds is 4. The predicted octanol–water partition coefficient (Wildman–Crippen LogP) is 3.00. The molecular formula is C14H14N2O. The Kier molecular flexibility index (Phi) is 3.59. The normalized spacial score (nSPS) is 12.0. The standard InChI is InChI=1S/C14H14N2O/c1-11(14-6-3-7-17-14)16-10-13-5-2-4-12(8-13)9-15/h2-8,11,16H,10H2,1H3/t11-/m1/s1. The van der Waals surface area contributed by atoms with E-state index in [9.17, 15) is 0 Å². The maximum atomic E-state index is 8.80. The van der Waals surface area contributed by atoms with Gasteiger partial charge in [0.15, 0.2) is 0 Å². The molecular weight excluding hydrogens is 212 g/mol. The number of nitrogens with zero attached hydrogens (tertiary/aromatic N) is 1. The van der Waals surface area contributed by atoms with E-state index in [1.165, 1.54) is 0 Å². The molecule has 1 aromatic carbocycles. The summed E-state index contributed by atoms with van der Waals surface area (Å²) in [6, 6.07) is 13.7. The summed E-state index contributed by atoms with van der Waals surface area (Å²) in [6.45, 7) is 2.77.